The maximum atomic E-state index is 11.7. The smallest absolute Gasteiger partial charge is 0.346 e. The van der Waals surface area contributed by atoms with Crippen molar-refractivity contribution in [1.82, 2.24) is 4.90 Å². The Morgan fingerprint density at radius 1 is 1.50 bits per heavy atom. The molecule has 2 fully saturated rings. The van der Waals surface area contributed by atoms with Gasteiger partial charge in [0.2, 0.25) is 0 Å². The summed E-state index contributed by atoms with van der Waals surface area (Å²) in [7, 11) is 0. The molecular weight excluding hydrogens is 178 g/mol. The first-order chi connectivity index (χ1) is 6.66. The van der Waals surface area contributed by atoms with E-state index in [1.807, 2.05) is 4.90 Å². The van der Waals surface area contributed by atoms with E-state index in [0.29, 0.717) is 17.8 Å². The van der Waals surface area contributed by atoms with Gasteiger partial charge in [-0.2, -0.15) is 4.99 Å². The van der Waals surface area contributed by atoms with Crippen LogP contribution in [0, 0.1) is 5.92 Å². The quantitative estimate of drug-likeness (QED) is 0.678. The van der Waals surface area contributed by atoms with E-state index in [2.05, 4.69) is 11.9 Å². The third-order valence-electron chi connectivity index (χ3n) is 3.98. The third-order valence-corrected chi connectivity index (χ3v) is 3.98. The van der Waals surface area contributed by atoms with E-state index < -0.39 is 0 Å². The molecule has 0 aromatic carbocycles. The highest BCUT2D eigenvalue weighted by molar-refractivity contribution is 6.06. The standard InChI is InChI=1S/C10H15N3O/c1-6-4-5-10(6)8(11)12-9(14)13(10)7-2-3-7/h6-7H,2-5H2,1H3,(H2,11,12,14). The second-order valence-electron chi connectivity index (χ2n) is 4.74. The molecule has 0 aromatic rings. The zero-order chi connectivity index (χ0) is 9.92. The van der Waals surface area contributed by atoms with Crippen molar-refractivity contribution in [2.75, 3.05) is 0 Å². The number of carbonyl (C=O) groups is 1. The van der Waals surface area contributed by atoms with Gasteiger partial charge in [-0.3, -0.25) is 0 Å². The van der Waals surface area contributed by atoms with Gasteiger partial charge in [-0.1, -0.05) is 6.92 Å². The number of nitrogens with two attached hydrogens (primary N) is 1. The van der Waals surface area contributed by atoms with Gasteiger partial charge in [-0.15, -0.1) is 0 Å². The predicted octanol–water partition coefficient (Wildman–Crippen LogP) is 1.11. The lowest BCUT2D eigenvalue weighted by Gasteiger charge is -2.50. The van der Waals surface area contributed by atoms with Crippen molar-refractivity contribution in [3.05, 3.63) is 0 Å². The zero-order valence-electron chi connectivity index (χ0n) is 8.36. The minimum absolute atomic E-state index is 0.100. The van der Waals surface area contributed by atoms with E-state index in [9.17, 15) is 4.79 Å². The van der Waals surface area contributed by atoms with Gasteiger partial charge in [0.1, 0.15) is 11.4 Å². The van der Waals surface area contributed by atoms with Gasteiger partial charge in [0, 0.05) is 6.04 Å². The molecule has 4 heteroatoms. The second kappa shape index (κ2) is 2.30. The van der Waals surface area contributed by atoms with Crippen molar-refractivity contribution in [3.8, 4) is 0 Å². The number of amides is 2. The number of carbonyl (C=O) groups excluding carboxylic acids is 1. The van der Waals surface area contributed by atoms with Gasteiger partial charge in [0.25, 0.3) is 0 Å². The summed E-state index contributed by atoms with van der Waals surface area (Å²) in [6, 6.07) is 0.326. The Kier molecular flexibility index (Phi) is 1.36. The van der Waals surface area contributed by atoms with Gasteiger partial charge in [0.05, 0.1) is 0 Å². The van der Waals surface area contributed by atoms with Crippen LogP contribution in [0.15, 0.2) is 4.99 Å². The number of nitrogens with zero attached hydrogens (tertiary/aromatic N) is 2. The number of urea groups is 1. The average molecular weight is 193 g/mol. The lowest BCUT2D eigenvalue weighted by atomic mass is 9.66. The third kappa shape index (κ3) is 0.751. The van der Waals surface area contributed by atoms with E-state index in [0.717, 1.165) is 25.7 Å². The maximum absolute atomic E-state index is 11.7. The van der Waals surface area contributed by atoms with Crippen molar-refractivity contribution in [1.29, 1.82) is 0 Å². The monoisotopic (exact) mass is 193 g/mol. The van der Waals surface area contributed by atoms with Crippen LogP contribution in [0.1, 0.15) is 32.6 Å². The van der Waals surface area contributed by atoms with E-state index in [1.54, 1.807) is 0 Å². The van der Waals surface area contributed by atoms with Gasteiger partial charge in [0.15, 0.2) is 0 Å². The molecule has 1 heterocycles. The first kappa shape index (κ1) is 8.26. The Bertz CT molecular complexity index is 334. The molecule has 1 aliphatic heterocycles. The number of amidine groups is 1. The van der Waals surface area contributed by atoms with Crippen LogP contribution in [0.3, 0.4) is 0 Å². The summed E-state index contributed by atoms with van der Waals surface area (Å²) >= 11 is 0. The lowest BCUT2D eigenvalue weighted by molar-refractivity contribution is 0.0560. The molecule has 2 saturated carbocycles. The summed E-state index contributed by atoms with van der Waals surface area (Å²) in [6.45, 7) is 2.17. The molecule has 2 N–H and O–H groups in total. The fourth-order valence-corrected chi connectivity index (χ4v) is 2.81. The van der Waals surface area contributed by atoms with Crippen LogP contribution in [0.5, 0.6) is 0 Å². The topological polar surface area (TPSA) is 58.7 Å². The molecule has 3 rings (SSSR count). The van der Waals surface area contributed by atoms with Crippen LogP contribution < -0.4 is 5.73 Å². The Morgan fingerprint density at radius 3 is 2.64 bits per heavy atom. The maximum Gasteiger partial charge on any atom is 0.346 e. The normalized spacial score (nSPS) is 41.5. The van der Waals surface area contributed by atoms with Gasteiger partial charge in [-0.25, -0.2) is 4.79 Å². The summed E-state index contributed by atoms with van der Waals surface area (Å²) in [5, 5.41) is 0. The number of aliphatic imine (C=N–C) groups is 1. The molecule has 2 unspecified atom stereocenters. The molecular formula is C10H15N3O. The first-order valence-electron chi connectivity index (χ1n) is 5.34. The second-order valence-corrected chi connectivity index (χ2v) is 4.74. The molecule has 0 bridgehead atoms. The molecule has 1 spiro atoms. The Morgan fingerprint density at radius 2 is 2.21 bits per heavy atom. The fourth-order valence-electron chi connectivity index (χ4n) is 2.81. The highest BCUT2D eigenvalue weighted by Gasteiger charge is 2.60. The average Bonchev–Trinajstić information content (AvgIpc) is 2.90. The van der Waals surface area contributed by atoms with E-state index >= 15 is 0 Å². The van der Waals surface area contributed by atoms with Crippen LogP contribution in [-0.2, 0) is 0 Å². The van der Waals surface area contributed by atoms with Crippen molar-refractivity contribution >= 4 is 11.9 Å². The summed E-state index contributed by atoms with van der Waals surface area (Å²) in [5.74, 6) is 1.05. The molecule has 0 radical (unpaired) electrons. The van der Waals surface area contributed by atoms with E-state index in [1.165, 1.54) is 0 Å². The van der Waals surface area contributed by atoms with Crippen molar-refractivity contribution in [2.24, 2.45) is 16.6 Å². The molecule has 2 aliphatic carbocycles. The fraction of sp³-hybridized carbons (Fsp3) is 0.800. The van der Waals surface area contributed by atoms with Crippen LogP contribution >= 0.6 is 0 Å². The number of rotatable bonds is 1. The van der Waals surface area contributed by atoms with Crippen LogP contribution in [-0.4, -0.2) is 28.3 Å². The Balaban J connectivity index is 2.00. The molecule has 2 amide bonds. The largest absolute Gasteiger partial charge is 0.385 e. The highest BCUT2D eigenvalue weighted by Crippen LogP contribution is 2.50. The molecule has 0 aromatic heterocycles. The minimum atomic E-state index is -0.182. The minimum Gasteiger partial charge on any atom is -0.385 e. The molecule has 76 valence electrons. The molecule has 14 heavy (non-hydrogen) atoms. The van der Waals surface area contributed by atoms with E-state index in [-0.39, 0.29) is 11.6 Å². The Labute approximate surface area is 83.2 Å². The van der Waals surface area contributed by atoms with E-state index in [4.69, 9.17) is 5.73 Å². The SMILES string of the molecule is CC1CCC12C(N)=NC(=O)N2C1CC1. The zero-order valence-corrected chi connectivity index (χ0v) is 8.36. The summed E-state index contributed by atoms with van der Waals surface area (Å²) in [5.41, 5.74) is 5.72. The van der Waals surface area contributed by atoms with Gasteiger partial charge >= 0.3 is 6.03 Å². The summed E-state index contributed by atoms with van der Waals surface area (Å²) in [4.78, 5) is 17.6. The molecule has 2 atom stereocenters. The Hall–Kier alpha value is -1.06. The number of hydrogen-bond acceptors (Lipinski definition) is 2. The molecule has 3 aliphatic rings. The lowest BCUT2D eigenvalue weighted by Crippen LogP contribution is -2.64. The predicted molar refractivity (Wildman–Crippen MR) is 53.0 cm³/mol. The van der Waals surface area contributed by atoms with Crippen LogP contribution in [0.25, 0.3) is 0 Å². The van der Waals surface area contributed by atoms with Crippen molar-refractivity contribution < 1.29 is 4.79 Å². The van der Waals surface area contributed by atoms with Gasteiger partial charge < -0.3 is 10.6 Å². The summed E-state index contributed by atoms with van der Waals surface area (Å²) < 4.78 is 0. The molecule has 0 saturated heterocycles. The van der Waals surface area contributed by atoms with Crippen molar-refractivity contribution in [3.63, 3.8) is 0 Å². The highest BCUT2D eigenvalue weighted by atomic mass is 16.2. The first-order valence-corrected chi connectivity index (χ1v) is 5.34. The summed E-state index contributed by atoms with van der Waals surface area (Å²) in [6.07, 6.45) is 4.42. The van der Waals surface area contributed by atoms with Crippen LogP contribution in [0.4, 0.5) is 4.79 Å². The molecule has 4 nitrogen and oxygen atoms in total. The number of hydrogen-bond donors (Lipinski definition) is 1. The van der Waals surface area contributed by atoms with Crippen molar-refractivity contribution in [2.45, 2.75) is 44.2 Å². The van der Waals surface area contributed by atoms with Gasteiger partial charge in [-0.05, 0) is 31.6 Å². The van der Waals surface area contributed by atoms with Crippen LogP contribution in [0.2, 0.25) is 0 Å².